The predicted molar refractivity (Wildman–Crippen MR) is 74.5 cm³/mol. The maximum absolute atomic E-state index is 3.59. The van der Waals surface area contributed by atoms with Crippen LogP contribution < -0.4 is 5.32 Å². The molecule has 0 spiro atoms. The van der Waals surface area contributed by atoms with E-state index >= 15 is 0 Å². The van der Waals surface area contributed by atoms with E-state index in [1.54, 1.807) is 0 Å². The van der Waals surface area contributed by atoms with Crippen LogP contribution in [-0.2, 0) is 11.8 Å². The molecule has 94 valence electrons. The molecule has 1 aliphatic rings. The highest BCUT2D eigenvalue weighted by molar-refractivity contribution is 5.34. The zero-order chi connectivity index (χ0) is 12.3. The molecule has 1 saturated carbocycles. The highest BCUT2D eigenvalue weighted by atomic mass is 14.9. The summed E-state index contributed by atoms with van der Waals surface area (Å²) in [5.74, 6) is 0. The minimum absolute atomic E-state index is 0.453. The summed E-state index contributed by atoms with van der Waals surface area (Å²) in [5.41, 5.74) is 3.46. The molecular formula is C16H25N. The fraction of sp³-hybridized carbons (Fsp3) is 0.625. The van der Waals surface area contributed by atoms with Crippen molar-refractivity contribution in [2.75, 3.05) is 6.54 Å². The lowest BCUT2D eigenvalue weighted by molar-refractivity contribution is 0.520. The van der Waals surface area contributed by atoms with Gasteiger partial charge in [0.1, 0.15) is 0 Å². The average molecular weight is 231 g/mol. The topological polar surface area (TPSA) is 12.0 Å². The van der Waals surface area contributed by atoms with Crippen LogP contribution in [-0.4, -0.2) is 12.6 Å². The second-order valence-electron chi connectivity index (χ2n) is 5.76. The first-order valence-electron chi connectivity index (χ1n) is 6.99. The standard InChI is InChI=1S/C16H25N/c1-4-5-14-6-8-15(9-7-14)16(10-11-16)12-17-13(2)3/h6-9,13,17H,4-5,10-12H2,1-3H3. The van der Waals surface area contributed by atoms with Crippen molar-refractivity contribution in [3.8, 4) is 0 Å². The first kappa shape index (κ1) is 12.6. The van der Waals surface area contributed by atoms with Gasteiger partial charge in [-0.25, -0.2) is 0 Å². The van der Waals surface area contributed by atoms with Gasteiger partial charge in [0.05, 0.1) is 0 Å². The van der Waals surface area contributed by atoms with Gasteiger partial charge >= 0.3 is 0 Å². The Balaban J connectivity index is 2.01. The molecule has 0 heterocycles. The van der Waals surface area contributed by atoms with Crippen LogP contribution in [0.5, 0.6) is 0 Å². The molecule has 1 nitrogen and oxygen atoms in total. The number of aryl methyl sites for hydroxylation is 1. The molecule has 0 amide bonds. The number of hydrogen-bond acceptors (Lipinski definition) is 1. The Labute approximate surface area is 106 Å². The van der Waals surface area contributed by atoms with E-state index in [1.807, 2.05) is 0 Å². The van der Waals surface area contributed by atoms with Crippen molar-refractivity contribution < 1.29 is 0 Å². The second kappa shape index (κ2) is 5.22. The Morgan fingerprint density at radius 1 is 1.18 bits per heavy atom. The van der Waals surface area contributed by atoms with Crippen molar-refractivity contribution in [1.29, 1.82) is 0 Å². The third-order valence-electron chi connectivity index (χ3n) is 3.81. The summed E-state index contributed by atoms with van der Waals surface area (Å²) >= 11 is 0. The van der Waals surface area contributed by atoms with Crippen LogP contribution in [0.1, 0.15) is 51.2 Å². The molecular weight excluding hydrogens is 206 g/mol. The lowest BCUT2D eigenvalue weighted by Crippen LogP contribution is -2.32. The smallest absolute Gasteiger partial charge is 0.00785 e. The Hall–Kier alpha value is -0.820. The van der Waals surface area contributed by atoms with Gasteiger partial charge in [0.2, 0.25) is 0 Å². The van der Waals surface area contributed by atoms with E-state index < -0.39 is 0 Å². The van der Waals surface area contributed by atoms with Gasteiger partial charge in [-0.3, -0.25) is 0 Å². The van der Waals surface area contributed by atoms with E-state index in [4.69, 9.17) is 0 Å². The average Bonchev–Trinajstić information content (AvgIpc) is 3.09. The van der Waals surface area contributed by atoms with Crippen LogP contribution in [0.15, 0.2) is 24.3 Å². The maximum Gasteiger partial charge on any atom is 0.00785 e. The summed E-state index contributed by atoms with van der Waals surface area (Å²) in [7, 11) is 0. The fourth-order valence-electron chi connectivity index (χ4n) is 2.43. The molecule has 0 saturated heterocycles. The van der Waals surface area contributed by atoms with Gasteiger partial charge in [-0.05, 0) is 30.4 Å². The molecule has 1 heteroatoms. The Kier molecular flexibility index (Phi) is 3.88. The Morgan fingerprint density at radius 2 is 1.82 bits per heavy atom. The van der Waals surface area contributed by atoms with Crippen molar-refractivity contribution in [3.63, 3.8) is 0 Å². The molecule has 0 atom stereocenters. The minimum atomic E-state index is 0.453. The van der Waals surface area contributed by atoms with E-state index in [1.165, 1.54) is 36.8 Å². The van der Waals surface area contributed by atoms with E-state index in [0.717, 1.165) is 6.54 Å². The highest BCUT2D eigenvalue weighted by Crippen LogP contribution is 2.47. The summed E-state index contributed by atoms with van der Waals surface area (Å²) in [6.45, 7) is 7.82. The number of hydrogen-bond donors (Lipinski definition) is 1. The van der Waals surface area contributed by atoms with Crippen LogP contribution in [0.3, 0.4) is 0 Å². The van der Waals surface area contributed by atoms with Crippen molar-refractivity contribution in [3.05, 3.63) is 35.4 Å². The summed E-state index contributed by atoms with van der Waals surface area (Å²) in [4.78, 5) is 0. The summed E-state index contributed by atoms with van der Waals surface area (Å²) < 4.78 is 0. The van der Waals surface area contributed by atoms with Gasteiger partial charge < -0.3 is 5.32 Å². The zero-order valence-corrected chi connectivity index (χ0v) is 11.4. The molecule has 1 aromatic rings. The SMILES string of the molecule is CCCc1ccc(C2(CNC(C)C)CC2)cc1. The zero-order valence-electron chi connectivity index (χ0n) is 11.4. The third-order valence-corrected chi connectivity index (χ3v) is 3.81. The van der Waals surface area contributed by atoms with Gasteiger partial charge in [0.15, 0.2) is 0 Å². The van der Waals surface area contributed by atoms with Crippen molar-refractivity contribution in [2.45, 2.75) is 57.9 Å². The van der Waals surface area contributed by atoms with E-state index in [0.29, 0.717) is 11.5 Å². The molecule has 1 aliphatic carbocycles. The lowest BCUT2D eigenvalue weighted by atomic mass is 9.94. The quantitative estimate of drug-likeness (QED) is 0.787. The van der Waals surface area contributed by atoms with Gasteiger partial charge in [0.25, 0.3) is 0 Å². The normalized spacial score (nSPS) is 17.4. The first-order valence-corrected chi connectivity index (χ1v) is 6.99. The summed E-state index contributed by atoms with van der Waals surface area (Å²) in [5, 5.41) is 3.59. The van der Waals surface area contributed by atoms with Gasteiger partial charge in [-0.2, -0.15) is 0 Å². The maximum atomic E-state index is 3.59. The monoisotopic (exact) mass is 231 g/mol. The van der Waals surface area contributed by atoms with Crippen LogP contribution in [0.4, 0.5) is 0 Å². The molecule has 1 aromatic carbocycles. The largest absolute Gasteiger partial charge is 0.314 e. The highest BCUT2D eigenvalue weighted by Gasteiger charge is 2.43. The number of benzene rings is 1. The molecule has 0 unspecified atom stereocenters. The number of rotatable bonds is 6. The van der Waals surface area contributed by atoms with Gasteiger partial charge in [0, 0.05) is 18.0 Å². The summed E-state index contributed by atoms with van der Waals surface area (Å²) in [6.07, 6.45) is 5.14. The Morgan fingerprint density at radius 3 is 2.29 bits per heavy atom. The molecule has 0 radical (unpaired) electrons. The molecule has 0 bridgehead atoms. The van der Waals surface area contributed by atoms with Crippen LogP contribution in [0.2, 0.25) is 0 Å². The third kappa shape index (κ3) is 3.10. The van der Waals surface area contributed by atoms with Crippen molar-refractivity contribution in [1.82, 2.24) is 5.32 Å². The van der Waals surface area contributed by atoms with Crippen LogP contribution >= 0.6 is 0 Å². The summed E-state index contributed by atoms with van der Waals surface area (Å²) in [6, 6.07) is 9.91. The lowest BCUT2D eigenvalue weighted by Gasteiger charge is -2.19. The minimum Gasteiger partial charge on any atom is -0.314 e. The van der Waals surface area contributed by atoms with Crippen molar-refractivity contribution >= 4 is 0 Å². The van der Waals surface area contributed by atoms with Gasteiger partial charge in [-0.1, -0.05) is 51.5 Å². The van der Waals surface area contributed by atoms with E-state index in [2.05, 4.69) is 50.4 Å². The fourth-order valence-corrected chi connectivity index (χ4v) is 2.43. The Bertz CT molecular complexity index is 346. The molecule has 1 N–H and O–H groups in total. The van der Waals surface area contributed by atoms with Gasteiger partial charge in [-0.15, -0.1) is 0 Å². The number of nitrogens with one attached hydrogen (secondary N) is 1. The van der Waals surface area contributed by atoms with Crippen LogP contribution in [0, 0.1) is 0 Å². The molecule has 2 rings (SSSR count). The van der Waals surface area contributed by atoms with Crippen molar-refractivity contribution in [2.24, 2.45) is 0 Å². The molecule has 1 fully saturated rings. The second-order valence-corrected chi connectivity index (χ2v) is 5.76. The predicted octanol–water partition coefficient (Wildman–Crippen LogP) is 3.67. The van der Waals surface area contributed by atoms with E-state index in [-0.39, 0.29) is 0 Å². The molecule has 0 aromatic heterocycles. The first-order chi connectivity index (χ1) is 8.16. The molecule has 17 heavy (non-hydrogen) atoms. The van der Waals surface area contributed by atoms with E-state index in [9.17, 15) is 0 Å². The van der Waals surface area contributed by atoms with Crippen LogP contribution in [0.25, 0.3) is 0 Å². The molecule has 0 aliphatic heterocycles.